The second kappa shape index (κ2) is 9.72. The van der Waals surface area contributed by atoms with Crippen molar-refractivity contribution in [3.05, 3.63) is 87.9 Å². The number of nitrogens with one attached hydrogen (secondary N) is 2. The molecule has 0 spiro atoms. The molecule has 0 aliphatic rings. The van der Waals surface area contributed by atoms with E-state index in [0.717, 1.165) is 44.2 Å². The highest BCUT2D eigenvalue weighted by Crippen LogP contribution is 2.36. The van der Waals surface area contributed by atoms with E-state index in [0.29, 0.717) is 21.7 Å². The van der Waals surface area contributed by atoms with Gasteiger partial charge >= 0.3 is 0 Å². The average molecular weight is 560 g/mol. The van der Waals surface area contributed by atoms with Crippen molar-refractivity contribution in [2.75, 3.05) is 12.4 Å². The quantitative estimate of drug-likeness (QED) is 0.227. The number of aromatic nitrogens is 1. The van der Waals surface area contributed by atoms with E-state index in [9.17, 15) is 4.79 Å². The van der Waals surface area contributed by atoms with Gasteiger partial charge in [-0.1, -0.05) is 30.3 Å². The number of fused-ring (bicyclic) bond motifs is 2. The van der Waals surface area contributed by atoms with Gasteiger partial charge < -0.3 is 14.5 Å². The minimum Gasteiger partial charge on any atom is -0.495 e. The summed E-state index contributed by atoms with van der Waals surface area (Å²) in [4.78, 5) is 17.7. The molecule has 0 aliphatic carbocycles. The Kier molecular flexibility index (Phi) is 6.47. The predicted molar refractivity (Wildman–Crippen MR) is 151 cm³/mol. The largest absolute Gasteiger partial charge is 0.495 e. The second-order valence-electron chi connectivity index (χ2n) is 8.43. The highest BCUT2D eigenvalue weighted by atomic mass is 79.9. The minimum absolute atomic E-state index is 0.173. The minimum atomic E-state index is -0.371. The average Bonchev–Trinajstić information content (AvgIpc) is 3.29. The van der Waals surface area contributed by atoms with Crippen molar-refractivity contribution in [3.63, 3.8) is 0 Å². The molecule has 180 valence electrons. The number of carbonyl (C=O) groups excluding carboxylic acids is 1. The van der Waals surface area contributed by atoms with Crippen LogP contribution in [0.2, 0.25) is 0 Å². The van der Waals surface area contributed by atoms with Crippen LogP contribution in [0.15, 0.2) is 75.6 Å². The van der Waals surface area contributed by atoms with Crippen LogP contribution in [-0.4, -0.2) is 23.1 Å². The van der Waals surface area contributed by atoms with Crippen LogP contribution in [0.3, 0.4) is 0 Å². The number of oxazole rings is 1. The molecular formula is C28H22BrN3O3S. The van der Waals surface area contributed by atoms with Gasteiger partial charge in [0.25, 0.3) is 5.91 Å². The van der Waals surface area contributed by atoms with Gasteiger partial charge in [-0.15, -0.1) is 0 Å². The smallest absolute Gasteiger partial charge is 0.261 e. The number of benzene rings is 4. The SMILES string of the molecule is COc1c(C(=O)NC(=S)Nc2ccc(-c3nc4cc(C)cc(C)c4o3)cc2)cc2ccccc2c1Br. The lowest BCUT2D eigenvalue weighted by Crippen LogP contribution is -2.34. The van der Waals surface area contributed by atoms with Crippen molar-refractivity contribution < 1.29 is 13.9 Å². The number of nitrogens with zero attached hydrogens (tertiary/aromatic N) is 1. The lowest BCUT2D eigenvalue weighted by Gasteiger charge is -2.14. The number of amides is 1. The predicted octanol–water partition coefficient (Wildman–Crippen LogP) is 7.16. The fourth-order valence-corrected chi connectivity index (χ4v) is 5.13. The third kappa shape index (κ3) is 4.57. The van der Waals surface area contributed by atoms with Crippen molar-refractivity contribution in [1.82, 2.24) is 10.3 Å². The van der Waals surface area contributed by atoms with Crippen molar-refractivity contribution in [3.8, 4) is 17.2 Å². The van der Waals surface area contributed by atoms with Gasteiger partial charge in [0.15, 0.2) is 10.7 Å². The molecule has 5 rings (SSSR count). The van der Waals surface area contributed by atoms with Crippen LogP contribution in [0, 0.1) is 13.8 Å². The molecule has 4 aromatic carbocycles. The lowest BCUT2D eigenvalue weighted by molar-refractivity contribution is 0.0975. The molecule has 0 saturated carbocycles. The molecule has 6 nitrogen and oxygen atoms in total. The zero-order valence-electron chi connectivity index (χ0n) is 19.8. The first-order chi connectivity index (χ1) is 17.3. The first kappa shape index (κ1) is 24.0. The van der Waals surface area contributed by atoms with Crippen LogP contribution in [-0.2, 0) is 0 Å². The number of ether oxygens (including phenoxy) is 1. The van der Waals surface area contributed by atoms with Gasteiger partial charge in [0.2, 0.25) is 5.89 Å². The number of aryl methyl sites for hydroxylation is 2. The van der Waals surface area contributed by atoms with Gasteiger partial charge in [0, 0.05) is 11.3 Å². The fourth-order valence-electron chi connectivity index (χ4n) is 4.18. The lowest BCUT2D eigenvalue weighted by atomic mass is 10.1. The van der Waals surface area contributed by atoms with Crippen LogP contribution >= 0.6 is 28.1 Å². The van der Waals surface area contributed by atoms with Crippen LogP contribution in [0.1, 0.15) is 21.5 Å². The molecular weight excluding hydrogens is 538 g/mol. The number of rotatable bonds is 4. The summed E-state index contributed by atoms with van der Waals surface area (Å²) in [6, 6.07) is 21.1. The highest BCUT2D eigenvalue weighted by Gasteiger charge is 2.19. The van der Waals surface area contributed by atoms with E-state index >= 15 is 0 Å². The molecule has 0 bridgehead atoms. The number of hydrogen-bond donors (Lipinski definition) is 2. The summed E-state index contributed by atoms with van der Waals surface area (Å²) >= 11 is 8.95. The van der Waals surface area contributed by atoms with E-state index in [-0.39, 0.29) is 11.0 Å². The van der Waals surface area contributed by atoms with E-state index < -0.39 is 0 Å². The Morgan fingerprint density at radius 1 is 1.06 bits per heavy atom. The standard InChI is InChI=1S/C28H22BrN3O3S/c1-15-12-16(2)24-22(13-15)31-27(35-24)17-8-10-19(11-9-17)30-28(36)32-26(33)21-14-18-6-4-5-7-20(18)23(29)25(21)34-3/h4-14H,1-3H3,(H2,30,32,33,36). The Morgan fingerprint density at radius 3 is 2.56 bits per heavy atom. The molecule has 0 fully saturated rings. The first-order valence-corrected chi connectivity index (χ1v) is 12.4. The molecule has 1 aromatic heterocycles. The van der Waals surface area contributed by atoms with Crippen molar-refractivity contribution in [2.45, 2.75) is 13.8 Å². The molecule has 2 N–H and O–H groups in total. The maximum atomic E-state index is 13.0. The molecule has 36 heavy (non-hydrogen) atoms. The van der Waals surface area contributed by atoms with Crippen molar-refractivity contribution >= 4 is 66.7 Å². The van der Waals surface area contributed by atoms with Crippen LogP contribution in [0.25, 0.3) is 33.3 Å². The summed E-state index contributed by atoms with van der Waals surface area (Å²) in [5.41, 5.74) is 5.76. The van der Waals surface area contributed by atoms with E-state index in [1.807, 2.05) is 68.4 Å². The van der Waals surface area contributed by atoms with Crippen LogP contribution in [0.5, 0.6) is 5.75 Å². The monoisotopic (exact) mass is 559 g/mol. The van der Waals surface area contributed by atoms with Gasteiger partial charge in [0.05, 0.1) is 17.1 Å². The number of thiocarbonyl (C=S) groups is 1. The van der Waals surface area contributed by atoms with E-state index in [1.54, 1.807) is 6.07 Å². The van der Waals surface area contributed by atoms with Gasteiger partial charge in [-0.25, -0.2) is 4.98 Å². The Morgan fingerprint density at radius 2 is 1.81 bits per heavy atom. The maximum Gasteiger partial charge on any atom is 0.261 e. The second-order valence-corrected chi connectivity index (χ2v) is 9.63. The molecule has 1 amide bonds. The zero-order valence-corrected chi connectivity index (χ0v) is 22.2. The summed E-state index contributed by atoms with van der Waals surface area (Å²) in [5.74, 6) is 0.627. The summed E-state index contributed by atoms with van der Waals surface area (Å²) in [5, 5.41) is 7.83. The molecule has 0 unspecified atom stereocenters. The highest BCUT2D eigenvalue weighted by molar-refractivity contribution is 9.10. The normalized spacial score (nSPS) is 11.0. The number of hydrogen-bond acceptors (Lipinski definition) is 5. The Labute approximate surface area is 221 Å². The summed E-state index contributed by atoms with van der Waals surface area (Å²) in [6.07, 6.45) is 0. The first-order valence-electron chi connectivity index (χ1n) is 11.2. The van der Waals surface area contributed by atoms with Gasteiger partial charge in [-0.3, -0.25) is 10.1 Å². The molecule has 0 aliphatic heterocycles. The maximum absolute atomic E-state index is 13.0. The summed E-state index contributed by atoms with van der Waals surface area (Å²) < 4.78 is 12.2. The van der Waals surface area contributed by atoms with Crippen LogP contribution < -0.4 is 15.4 Å². The summed E-state index contributed by atoms with van der Waals surface area (Å²) in [6.45, 7) is 4.05. The zero-order chi connectivity index (χ0) is 25.4. The van der Waals surface area contributed by atoms with Crippen LogP contribution in [0.4, 0.5) is 5.69 Å². The number of halogens is 1. The summed E-state index contributed by atoms with van der Waals surface area (Å²) in [7, 11) is 1.53. The van der Waals surface area contributed by atoms with Gasteiger partial charge in [0.1, 0.15) is 11.3 Å². The molecule has 0 saturated heterocycles. The molecule has 1 heterocycles. The van der Waals surface area contributed by atoms with Gasteiger partial charge in [-0.2, -0.15) is 0 Å². The van der Waals surface area contributed by atoms with Gasteiger partial charge in [-0.05, 0) is 100 Å². The van der Waals surface area contributed by atoms with E-state index in [2.05, 4.69) is 37.6 Å². The Hall–Kier alpha value is -3.75. The number of methoxy groups -OCH3 is 1. The van der Waals surface area contributed by atoms with E-state index in [4.69, 9.17) is 21.4 Å². The topological polar surface area (TPSA) is 76.4 Å². The van der Waals surface area contributed by atoms with Crippen molar-refractivity contribution in [2.24, 2.45) is 0 Å². The third-order valence-corrected chi connectivity index (χ3v) is 6.82. The van der Waals surface area contributed by atoms with Crippen molar-refractivity contribution in [1.29, 1.82) is 0 Å². The molecule has 8 heteroatoms. The molecule has 0 atom stereocenters. The number of carbonyl (C=O) groups is 1. The fraction of sp³-hybridized carbons (Fsp3) is 0.107. The molecule has 5 aromatic rings. The van der Waals surface area contributed by atoms with E-state index in [1.165, 1.54) is 7.11 Å². The third-order valence-electron chi connectivity index (χ3n) is 5.83. The Bertz CT molecular complexity index is 1640. The number of anilines is 1. The Balaban J connectivity index is 1.31. The molecule has 0 radical (unpaired) electrons.